The molecule has 26 heavy (non-hydrogen) atoms. The second-order valence-corrected chi connectivity index (χ2v) is 7.22. The highest BCUT2D eigenvalue weighted by atomic mass is 16.5. The van der Waals surface area contributed by atoms with E-state index in [0.29, 0.717) is 18.7 Å². The number of aliphatic hydroxyl groups excluding tert-OH is 1. The predicted octanol–water partition coefficient (Wildman–Crippen LogP) is 3.68. The van der Waals surface area contributed by atoms with Gasteiger partial charge >= 0.3 is 5.97 Å². The summed E-state index contributed by atoms with van der Waals surface area (Å²) in [6.45, 7) is 5.99. The van der Waals surface area contributed by atoms with Crippen molar-refractivity contribution < 1.29 is 19.4 Å². The zero-order chi connectivity index (χ0) is 19.3. The maximum atomic E-state index is 12.7. The van der Waals surface area contributed by atoms with E-state index in [1.54, 1.807) is 13.8 Å². The Morgan fingerprint density at radius 3 is 2.54 bits per heavy atom. The third-order valence-electron chi connectivity index (χ3n) is 4.81. The molecule has 0 saturated heterocycles. The SMILES string of the molecule is CCC(=NCCc1ccccc1)C1=C(O)C(C(=O)OC)C(C)(C)CC1=O. The van der Waals surface area contributed by atoms with E-state index in [4.69, 9.17) is 4.74 Å². The molecule has 1 aromatic rings. The van der Waals surface area contributed by atoms with Gasteiger partial charge < -0.3 is 9.84 Å². The van der Waals surface area contributed by atoms with Crippen molar-refractivity contribution in [3.8, 4) is 0 Å². The van der Waals surface area contributed by atoms with Gasteiger partial charge in [0, 0.05) is 18.7 Å². The number of rotatable bonds is 6. The van der Waals surface area contributed by atoms with Gasteiger partial charge in [0.1, 0.15) is 11.7 Å². The number of Topliss-reactive ketones (excluding diaryl/α,β-unsaturated/α-hetero) is 1. The summed E-state index contributed by atoms with van der Waals surface area (Å²) in [6.07, 6.45) is 1.43. The summed E-state index contributed by atoms with van der Waals surface area (Å²) >= 11 is 0. The number of methoxy groups -OCH3 is 1. The van der Waals surface area contributed by atoms with Crippen LogP contribution in [0.2, 0.25) is 0 Å². The Balaban J connectivity index is 2.32. The number of ketones is 1. The topological polar surface area (TPSA) is 76.0 Å². The number of aliphatic imine (C=N–C) groups is 1. The zero-order valence-corrected chi connectivity index (χ0v) is 15.9. The van der Waals surface area contributed by atoms with E-state index >= 15 is 0 Å². The maximum Gasteiger partial charge on any atom is 0.316 e. The van der Waals surface area contributed by atoms with Gasteiger partial charge in [0.2, 0.25) is 0 Å². The average molecular weight is 357 g/mol. The highest BCUT2D eigenvalue weighted by Crippen LogP contribution is 2.42. The van der Waals surface area contributed by atoms with Gasteiger partial charge in [0.05, 0.1) is 12.7 Å². The molecule has 0 bridgehead atoms. The molecule has 2 rings (SSSR count). The average Bonchev–Trinajstić information content (AvgIpc) is 2.59. The van der Waals surface area contributed by atoms with Crippen LogP contribution in [0.5, 0.6) is 0 Å². The number of benzene rings is 1. The molecule has 0 aromatic heterocycles. The summed E-state index contributed by atoms with van der Waals surface area (Å²) in [5.74, 6) is -1.77. The van der Waals surface area contributed by atoms with Crippen LogP contribution >= 0.6 is 0 Å². The molecule has 5 nitrogen and oxygen atoms in total. The van der Waals surface area contributed by atoms with Gasteiger partial charge in [-0.3, -0.25) is 14.6 Å². The minimum atomic E-state index is -0.855. The molecule has 1 unspecified atom stereocenters. The Morgan fingerprint density at radius 1 is 1.31 bits per heavy atom. The number of carbonyl (C=O) groups is 2. The molecule has 1 N–H and O–H groups in total. The lowest BCUT2D eigenvalue weighted by molar-refractivity contribution is -0.150. The zero-order valence-electron chi connectivity index (χ0n) is 15.9. The lowest BCUT2D eigenvalue weighted by Crippen LogP contribution is -2.41. The van der Waals surface area contributed by atoms with Crippen LogP contribution in [-0.2, 0) is 20.7 Å². The van der Waals surface area contributed by atoms with E-state index < -0.39 is 17.3 Å². The quantitative estimate of drug-likeness (QED) is 0.622. The molecular weight excluding hydrogens is 330 g/mol. The molecule has 0 amide bonds. The normalized spacial score (nSPS) is 20.2. The summed E-state index contributed by atoms with van der Waals surface area (Å²) in [4.78, 5) is 29.4. The number of ether oxygens (including phenoxy) is 1. The maximum absolute atomic E-state index is 12.7. The van der Waals surface area contributed by atoms with Crippen LogP contribution in [0.25, 0.3) is 0 Å². The van der Waals surface area contributed by atoms with Gasteiger partial charge in [-0.2, -0.15) is 0 Å². The Hall–Kier alpha value is -2.43. The van der Waals surface area contributed by atoms with Crippen molar-refractivity contribution in [1.29, 1.82) is 0 Å². The van der Waals surface area contributed by atoms with Crippen LogP contribution in [0.1, 0.15) is 39.2 Å². The molecule has 1 aliphatic carbocycles. The number of allylic oxidation sites excluding steroid dienone is 1. The van der Waals surface area contributed by atoms with E-state index in [9.17, 15) is 14.7 Å². The summed E-state index contributed by atoms with van der Waals surface area (Å²) < 4.78 is 4.85. The lowest BCUT2D eigenvalue weighted by atomic mass is 9.67. The molecular formula is C21H27NO4. The largest absolute Gasteiger partial charge is 0.511 e. The first-order valence-electron chi connectivity index (χ1n) is 8.93. The van der Waals surface area contributed by atoms with E-state index in [1.165, 1.54) is 7.11 Å². The Bertz CT molecular complexity index is 732. The second kappa shape index (κ2) is 8.30. The summed E-state index contributed by atoms with van der Waals surface area (Å²) in [5.41, 5.74) is 1.21. The number of nitrogens with zero attached hydrogens (tertiary/aromatic N) is 1. The standard InChI is InChI=1S/C21H27NO4/c1-5-15(22-12-11-14-9-7-6-8-10-14)17-16(23)13-21(2,3)18(19(17)24)20(25)26-4/h6-10,18,24H,5,11-13H2,1-4H3. The van der Waals surface area contributed by atoms with Crippen LogP contribution in [0.3, 0.4) is 0 Å². The highest BCUT2D eigenvalue weighted by molar-refractivity contribution is 6.23. The number of carbonyl (C=O) groups excluding carboxylic acids is 2. The third kappa shape index (κ3) is 4.21. The van der Waals surface area contributed by atoms with Crippen molar-refractivity contribution in [3.63, 3.8) is 0 Å². The van der Waals surface area contributed by atoms with Crippen molar-refractivity contribution >= 4 is 17.5 Å². The predicted molar refractivity (Wildman–Crippen MR) is 101 cm³/mol. The molecule has 0 aliphatic heterocycles. The Morgan fingerprint density at radius 2 is 1.96 bits per heavy atom. The van der Waals surface area contributed by atoms with Crippen molar-refractivity contribution in [1.82, 2.24) is 0 Å². The van der Waals surface area contributed by atoms with Crippen LogP contribution in [0, 0.1) is 11.3 Å². The number of hydrogen-bond acceptors (Lipinski definition) is 5. The smallest absolute Gasteiger partial charge is 0.316 e. The lowest BCUT2D eigenvalue weighted by Gasteiger charge is -2.36. The Kier molecular flexibility index (Phi) is 6.35. The minimum absolute atomic E-state index is 0.171. The molecule has 5 heteroatoms. The number of aliphatic hydroxyl groups is 1. The number of hydrogen-bond donors (Lipinski definition) is 1. The van der Waals surface area contributed by atoms with Crippen molar-refractivity contribution in [3.05, 3.63) is 47.2 Å². The van der Waals surface area contributed by atoms with Crippen molar-refractivity contribution in [2.75, 3.05) is 13.7 Å². The monoisotopic (exact) mass is 357 g/mol. The molecule has 1 aliphatic rings. The van der Waals surface area contributed by atoms with Crippen LogP contribution in [-0.4, -0.2) is 36.2 Å². The third-order valence-corrected chi connectivity index (χ3v) is 4.81. The molecule has 0 spiro atoms. The first-order chi connectivity index (χ1) is 12.3. The second-order valence-electron chi connectivity index (χ2n) is 7.22. The van der Waals surface area contributed by atoms with Crippen molar-refractivity contribution in [2.45, 2.75) is 40.0 Å². The van der Waals surface area contributed by atoms with Crippen LogP contribution in [0.4, 0.5) is 0 Å². The minimum Gasteiger partial charge on any atom is -0.511 e. The van der Waals surface area contributed by atoms with Gasteiger partial charge in [-0.15, -0.1) is 0 Å². The molecule has 0 radical (unpaired) electrons. The van der Waals surface area contributed by atoms with Gasteiger partial charge in [-0.05, 0) is 23.8 Å². The summed E-state index contributed by atoms with van der Waals surface area (Å²) in [5, 5.41) is 10.7. The Labute approximate surface area is 154 Å². The molecule has 1 aromatic carbocycles. The summed E-state index contributed by atoms with van der Waals surface area (Å²) in [7, 11) is 1.29. The molecule has 0 fully saturated rings. The van der Waals surface area contributed by atoms with Gasteiger partial charge in [-0.1, -0.05) is 51.1 Å². The molecule has 0 heterocycles. The fourth-order valence-electron chi connectivity index (χ4n) is 3.45. The fourth-order valence-corrected chi connectivity index (χ4v) is 3.45. The molecule has 1 atom stereocenters. The van der Waals surface area contributed by atoms with Crippen LogP contribution < -0.4 is 0 Å². The van der Waals surface area contributed by atoms with Gasteiger partial charge in [0.25, 0.3) is 0 Å². The van der Waals surface area contributed by atoms with E-state index in [0.717, 1.165) is 12.0 Å². The van der Waals surface area contributed by atoms with Gasteiger partial charge in [0.15, 0.2) is 5.78 Å². The first kappa shape index (κ1) is 19.9. The van der Waals surface area contributed by atoms with E-state index in [2.05, 4.69) is 4.99 Å². The summed E-state index contributed by atoms with van der Waals surface area (Å²) in [6, 6.07) is 9.96. The van der Waals surface area contributed by atoms with E-state index in [-0.39, 0.29) is 23.5 Å². The number of esters is 1. The fraction of sp³-hybridized carbons (Fsp3) is 0.476. The van der Waals surface area contributed by atoms with Crippen LogP contribution in [0.15, 0.2) is 46.7 Å². The molecule has 140 valence electrons. The van der Waals surface area contributed by atoms with Gasteiger partial charge in [-0.25, -0.2) is 0 Å². The van der Waals surface area contributed by atoms with E-state index in [1.807, 2.05) is 37.3 Å². The first-order valence-corrected chi connectivity index (χ1v) is 8.93. The highest BCUT2D eigenvalue weighted by Gasteiger charge is 2.47. The molecule has 0 saturated carbocycles. The van der Waals surface area contributed by atoms with Crippen molar-refractivity contribution in [2.24, 2.45) is 16.3 Å².